The van der Waals surface area contributed by atoms with E-state index in [1.165, 1.54) is 6.42 Å². The van der Waals surface area contributed by atoms with Crippen LogP contribution in [0.25, 0.3) is 11.3 Å². The molecule has 1 aliphatic rings. The Morgan fingerprint density at radius 1 is 1.27 bits per heavy atom. The highest BCUT2D eigenvalue weighted by Gasteiger charge is 2.47. The molecule has 22 heavy (non-hydrogen) atoms. The molecule has 0 aliphatic heterocycles. The van der Waals surface area contributed by atoms with Gasteiger partial charge in [-0.15, -0.1) is 0 Å². The summed E-state index contributed by atoms with van der Waals surface area (Å²) in [6.07, 6.45) is 2.22. The Balaban J connectivity index is 1.65. The summed E-state index contributed by atoms with van der Waals surface area (Å²) in [6, 6.07) is 13.4. The van der Waals surface area contributed by atoms with Gasteiger partial charge in [0.1, 0.15) is 0 Å². The zero-order chi connectivity index (χ0) is 15.7. The third kappa shape index (κ3) is 2.95. The van der Waals surface area contributed by atoms with Crippen molar-refractivity contribution in [2.75, 3.05) is 0 Å². The van der Waals surface area contributed by atoms with Gasteiger partial charge in [-0.1, -0.05) is 63.2 Å². The van der Waals surface area contributed by atoms with Crippen molar-refractivity contribution >= 4 is 0 Å². The molecule has 1 fully saturated rings. The molecule has 3 heteroatoms. The first kappa shape index (κ1) is 15.3. The van der Waals surface area contributed by atoms with Crippen LogP contribution in [0.15, 0.2) is 40.9 Å². The Bertz CT molecular complexity index is 615. The van der Waals surface area contributed by atoms with Crippen LogP contribution in [0.1, 0.15) is 39.8 Å². The molecule has 3 rings (SSSR count). The van der Waals surface area contributed by atoms with Crippen molar-refractivity contribution in [2.24, 2.45) is 11.3 Å². The molecule has 0 bridgehead atoms. The van der Waals surface area contributed by atoms with Crippen molar-refractivity contribution < 1.29 is 4.52 Å². The maximum atomic E-state index is 5.51. The second-order valence-corrected chi connectivity index (χ2v) is 7.38. The van der Waals surface area contributed by atoms with Crippen LogP contribution in [-0.2, 0) is 6.42 Å². The third-order valence-corrected chi connectivity index (χ3v) is 5.08. The summed E-state index contributed by atoms with van der Waals surface area (Å²) in [7, 11) is 0. The van der Waals surface area contributed by atoms with Crippen molar-refractivity contribution in [1.82, 2.24) is 10.5 Å². The van der Waals surface area contributed by atoms with Crippen molar-refractivity contribution in [1.29, 1.82) is 0 Å². The number of nitrogens with one attached hydrogen (secondary N) is 1. The van der Waals surface area contributed by atoms with Crippen LogP contribution in [0.5, 0.6) is 0 Å². The zero-order valence-electron chi connectivity index (χ0n) is 14.0. The molecule has 1 aromatic carbocycles. The Labute approximate surface area is 133 Å². The molecule has 0 amide bonds. The minimum Gasteiger partial charge on any atom is -0.356 e. The zero-order valence-corrected chi connectivity index (χ0v) is 14.0. The van der Waals surface area contributed by atoms with Crippen LogP contribution in [0.3, 0.4) is 0 Å². The first-order chi connectivity index (χ1) is 10.5. The Kier molecular flexibility index (Phi) is 4.09. The second kappa shape index (κ2) is 5.88. The number of nitrogens with zero attached hydrogens (tertiary/aromatic N) is 1. The summed E-state index contributed by atoms with van der Waals surface area (Å²) >= 11 is 0. The first-order valence-electron chi connectivity index (χ1n) is 8.24. The van der Waals surface area contributed by atoms with E-state index in [0.717, 1.165) is 23.4 Å². The van der Waals surface area contributed by atoms with E-state index in [-0.39, 0.29) is 0 Å². The number of aromatic nitrogens is 1. The Morgan fingerprint density at radius 2 is 2.00 bits per heavy atom. The lowest BCUT2D eigenvalue weighted by Gasteiger charge is -2.53. The molecule has 0 spiro atoms. The molecule has 0 unspecified atom stereocenters. The molecule has 1 N–H and O–H groups in total. The lowest BCUT2D eigenvalue weighted by Crippen LogP contribution is -2.58. The smallest absolute Gasteiger partial charge is 0.167 e. The van der Waals surface area contributed by atoms with Gasteiger partial charge < -0.3 is 9.84 Å². The van der Waals surface area contributed by atoms with Gasteiger partial charge in [0.05, 0.1) is 5.69 Å². The van der Waals surface area contributed by atoms with E-state index >= 15 is 0 Å². The third-order valence-electron chi connectivity index (χ3n) is 5.08. The van der Waals surface area contributed by atoms with E-state index in [4.69, 9.17) is 4.52 Å². The van der Waals surface area contributed by atoms with Gasteiger partial charge in [-0.3, -0.25) is 0 Å². The average molecular weight is 298 g/mol. The fraction of sp³-hybridized carbons (Fsp3) is 0.526. The van der Waals surface area contributed by atoms with E-state index in [9.17, 15) is 0 Å². The number of rotatable bonds is 5. The quantitative estimate of drug-likeness (QED) is 0.894. The average Bonchev–Trinajstić information content (AvgIpc) is 2.95. The molecule has 3 nitrogen and oxygen atoms in total. The van der Waals surface area contributed by atoms with Crippen LogP contribution >= 0.6 is 0 Å². The van der Waals surface area contributed by atoms with Gasteiger partial charge in [0, 0.05) is 23.7 Å². The topological polar surface area (TPSA) is 38.1 Å². The summed E-state index contributed by atoms with van der Waals surface area (Å²) in [4.78, 5) is 0. The van der Waals surface area contributed by atoms with E-state index < -0.39 is 0 Å². The molecule has 1 saturated carbocycles. The largest absolute Gasteiger partial charge is 0.356 e. The fourth-order valence-electron chi connectivity index (χ4n) is 3.45. The van der Waals surface area contributed by atoms with Crippen LogP contribution in [0.4, 0.5) is 0 Å². The van der Waals surface area contributed by atoms with E-state index in [1.54, 1.807) is 0 Å². The van der Waals surface area contributed by atoms with Crippen LogP contribution in [-0.4, -0.2) is 17.2 Å². The predicted molar refractivity (Wildman–Crippen MR) is 89.6 cm³/mol. The molecule has 2 aromatic rings. The Morgan fingerprint density at radius 3 is 2.64 bits per heavy atom. The van der Waals surface area contributed by atoms with Crippen molar-refractivity contribution in [3.8, 4) is 11.3 Å². The molecule has 1 aromatic heterocycles. The summed E-state index contributed by atoms with van der Waals surface area (Å²) in [6.45, 7) is 9.15. The molecule has 0 saturated heterocycles. The molecule has 0 radical (unpaired) electrons. The summed E-state index contributed by atoms with van der Waals surface area (Å²) < 4.78 is 5.51. The molecule has 2 atom stereocenters. The van der Waals surface area contributed by atoms with Crippen molar-refractivity contribution in [2.45, 2.75) is 52.6 Å². The van der Waals surface area contributed by atoms with Gasteiger partial charge in [0.15, 0.2) is 5.76 Å². The lowest BCUT2D eigenvalue weighted by molar-refractivity contribution is 0.00902. The maximum Gasteiger partial charge on any atom is 0.167 e. The molecule has 118 valence electrons. The maximum absolute atomic E-state index is 5.51. The Hall–Kier alpha value is -1.61. The minimum absolute atomic E-state index is 0.316. The minimum atomic E-state index is 0.316. The predicted octanol–water partition coefficient (Wildman–Crippen LogP) is 4.30. The van der Waals surface area contributed by atoms with Crippen LogP contribution < -0.4 is 5.32 Å². The van der Waals surface area contributed by atoms with E-state index in [0.29, 0.717) is 23.4 Å². The van der Waals surface area contributed by atoms with Crippen LogP contribution in [0.2, 0.25) is 0 Å². The van der Waals surface area contributed by atoms with E-state index in [2.05, 4.69) is 56.4 Å². The van der Waals surface area contributed by atoms with Crippen molar-refractivity contribution in [3.05, 3.63) is 42.1 Å². The van der Waals surface area contributed by atoms with Gasteiger partial charge in [-0.05, 0) is 24.2 Å². The summed E-state index contributed by atoms with van der Waals surface area (Å²) in [5.74, 6) is 1.53. The SMILES string of the molecule is CC(C)N[C@H]1C[C@@H](Cc2cc(-c3ccccc3)on2)C1(C)C. The molecule has 1 heterocycles. The molecular weight excluding hydrogens is 272 g/mol. The fourth-order valence-corrected chi connectivity index (χ4v) is 3.45. The highest BCUT2D eigenvalue weighted by Crippen LogP contribution is 2.48. The summed E-state index contributed by atoms with van der Waals surface area (Å²) in [5.41, 5.74) is 2.48. The van der Waals surface area contributed by atoms with Gasteiger partial charge in [0.25, 0.3) is 0 Å². The van der Waals surface area contributed by atoms with Crippen molar-refractivity contribution in [3.63, 3.8) is 0 Å². The number of hydrogen-bond donors (Lipinski definition) is 1. The molecular formula is C19H26N2O. The first-order valence-corrected chi connectivity index (χ1v) is 8.24. The van der Waals surface area contributed by atoms with Gasteiger partial charge in [0.2, 0.25) is 0 Å². The lowest BCUT2D eigenvalue weighted by atomic mass is 9.57. The highest BCUT2D eigenvalue weighted by atomic mass is 16.5. The normalized spacial score (nSPS) is 23.5. The van der Waals surface area contributed by atoms with Gasteiger partial charge >= 0.3 is 0 Å². The molecule has 1 aliphatic carbocycles. The monoisotopic (exact) mass is 298 g/mol. The standard InChI is InChI=1S/C19H26N2O/c1-13(2)20-18-11-15(19(18,3)4)10-16-12-17(22-21-16)14-8-6-5-7-9-14/h5-9,12-13,15,18,20H,10-11H2,1-4H3/t15-,18+/m1/s1. The highest BCUT2D eigenvalue weighted by molar-refractivity contribution is 5.56. The summed E-state index contributed by atoms with van der Waals surface area (Å²) in [5, 5.41) is 7.94. The second-order valence-electron chi connectivity index (χ2n) is 7.38. The number of benzene rings is 1. The van der Waals surface area contributed by atoms with Gasteiger partial charge in [-0.25, -0.2) is 0 Å². The van der Waals surface area contributed by atoms with Gasteiger partial charge in [-0.2, -0.15) is 0 Å². The van der Waals surface area contributed by atoms with Crippen LogP contribution in [0, 0.1) is 11.3 Å². The number of hydrogen-bond acceptors (Lipinski definition) is 3. The van der Waals surface area contributed by atoms with E-state index in [1.807, 2.05) is 18.2 Å².